The fourth-order valence-electron chi connectivity index (χ4n) is 7.50. The van der Waals surface area contributed by atoms with E-state index in [-0.39, 0.29) is 43.8 Å². The van der Waals surface area contributed by atoms with E-state index in [2.05, 4.69) is 0 Å². The van der Waals surface area contributed by atoms with Gasteiger partial charge in [-0.3, -0.25) is 33.8 Å². The highest BCUT2D eigenvalue weighted by Crippen LogP contribution is 2.51. The number of alkyl halides is 2. The van der Waals surface area contributed by atoms with Crippen molar-refractivity contribution < 1.29 is 43.0 Å². The molecule has 6 atom stereocenters. The lowest BCUT2D eigenvalue weighted by Crippen LogP contribution is -2.74. The van der Waals surface area contributed by atoms with E-state index in [0.29, 0.717) is 21.9 Å². The molecule has 2 aromatic rings. The molecule has 12 heteroatoms. The zero-order valence-corrected chi connectivity index (χ0v) is 22.4. The zero-order valence-electron chi connectivity index (χ0n) is 22.4. The van der Waals surface area contributed by atoms with Crippen LogP contribution in [0.15, 0.2) is 24.3 Å². The summed E-state index contributed by atoms with van der Waals surface area (Å²) in [6.45, 7) is -0.517. The smallest absolute Gasteiger partial charge is 0.272 e. The number of aliphatic hydroxyl groups is 1. The number of phenolic OH excluding ortho intramolecular Hbond substituents is 1. The van der Waals surface area contributed by atoms with Crippen LogP contribution in [0.4, 0.5) is 8.78 Å². The summed E-state index contributed by atoms with van der Waals surface area (Å²) in [4.78, 5) is 69.4. The average Bonchev–Trinajstić information content (AvgIpc) is 2.85. The van der Waals surface area contributed by atoms with E-state index in [0.717, 1.165) is 0 Å². The Bertz CT molecular complexity index is 1570. The number of carbonyl (C=O) groups is 5. The second kappa shape index (κ2) is 8.94. The number of amides is 1. The number of hydrogen-bond acceptors (Lipinski definition) is 9. The lowest BCUT2D eigenvalue weighted by atomic mass is 9.52. The predicted octanol–water partition coefficient (Wildman–Crippen LogP) is 0.471. The third kappa shape index (κ3) is 3.87. The van der Waals surface area contributed by atoms with Crippen molar-refractivity contribution in [3.63, 3.8) is 0 Å². The van der Waals surface area contributed by atoms with Gasteiger partial charge in [0.1, 0.15) is 5.75 Å². The SMILES string of the molecule is CN(C)C1C(=O)C(C(N)=O)C(=O)C2(O)C(=O)C3C(=O)c4c(cc5ccc(CN6CC(F)(F)C6)cc5c4O)CC3CC12. The van der Waals surface area contributed by atoms with E-state index in [1.165, 1.54) is 19.0 Å². The van der Waals surface area contributed by atoms with Crippen LogP contribution in [0.1, 0.15) is 27.9 Å². The number of carbonyl (C=O) groups excluding carboxylic acids is 5. The lowest BCUT2D eigenvalue weighted by molar-refractivity contribution is -0.181. The summed E-state index contributed by atoms with van der Waals surface area (Å²) in [6, 6.07) is 5.68. The Morgan fingerprint density at radius 3 is 2.41 bits per heavy atom. The number of likely N-dealkylation sites (N-methyl/N-ethyl adjacent to an activating group) is 1. The van der Waals surface area contributed by atoms with Crippen molar-refractivity contribution in [3.05, 3.63) is 41.0 Å². The molecule has 41 heavy (non-hydrogen) atoms. The fourth-order valence-corrected chi connectivity index (χ4v) is 7.50. The monoisotopic (exact) mass is 569 g/mol. The van der Waals surface area contributed by atoms with Crippen LogP contribution in [0.25, 0.3) is 10.8 Å². The van der Waals surface area contributed by atoms with Crippen molar-refractivity contribution in [1.29, 1.82) is 0 Å². The summed E-state index contributed by atoms with van der Waals surface area (Å²) in [6.07, 6.45) is 0.141. The highest BCUT2D eigenvalue weighted by atomic mass is 19.3. The third-order valence-electron chi connectivity index (χ3n) is 9.25. The first-order valence-electron chi connectivity index (χ1n) is 13.4. The first kappa shape index (κ1) is 27.6. The number of primary amides is 1. The molecule has 6 rings (SSSR count). The van der Waals surface area contributed by atoms with E-state index in [1.54, 1.807) is 29.2 Å². The van der Waals surface area contributed by atoms with Gasteiger partial charge in [-0.2, -0.15) is 0 Å². The number of nitrogens with two attached hydrogens (primary N) is 1. The Hall–Kier alpha value is -3.61. The Morgan fingerprint density at radius 2 is 1.80 bits per heavy atom. The number of benzene rings is 2. The van der Waals surface area contributed by atoms with Crippen LogP contribution in [0.2, 0.25) is 0 Å². The minimum absolute atomic E-state index is 0.0257. The topological polar surface area (TPSA) is 158 Å². The van der Waals surface area contributed by atoms with Crippen LogP contribution < -0.4 is 5.73 Å². The zero-order chi connectivity index (χ0) is 29.8. The van der Waals surface area contributed by atoms with Crippen LogP contribution in [-0.4, -0.2) is 93.8 Å². The number of likely N-dealkylation sites (tertiary alicyclic amines) is 1. The first-order chi connectivity index (χ1) is 19.2. The Morgan fingerprint density at radius 1 is 1.12 bits per heavy atom. The second-order valence-electron chi connectivity index (χ2n) is 12.1. The van der Waals surface area contributed by atoms with Gasteiger partial charge in [0.05, 0.1) is 30.6 Å². The van der Waals surface area contributed by atoms with Gasteiger partial charge in [-0.25, -0.2) is 8.78 Å². The standard InChI is InChI=1S/C29H29F2N3O7/c1-33(2)21-17-8-15-7-14-6-13-4-3-12(9-34-10-28(30,31)11-34)5-16(13)22(35)18(14)23(36)19(15)25(38)29(17,41)26(39)20(24(21)37)27(32)40/h3-6,15,17,19-21,35,41H,7-11H2,1-2H3,(H2,32,40). The van der Waals surface area contributed by atoms with Crippen molar-refractivity contribution in [2.24, 2.45) is 29.4 Å². The van der Waals surface area contributed by atoms with Gasteiger partial charge in [0.2, 0.25) is 5.91 Å². The average molecular weight is 570 g/mol. The molecule has 1 amide bonds. The molecule has 1 aliphatic heterocycles. The number of Topliss-reactive ketones (excluding diaryl/α,β-unsaturated/α-hetero) is 4. The number of ketones is 4. The van der Waals surface area contributed by atoms with Crippen LogP contribution in [0, 0.1) is 23.7 Å². The van der Waals surface area contributed by atoms with Gasteiger partial charge >= 0.3 is 0 Å². The van der Waals surface area contributed by atoms with E-state index in [4.69, 9.17) is 5.73 Å². The molecule has 3 fully saturated rings. The molecule has 4 aliphatic rings. The van der Waals surface area contributed by atoms with Crippen molar-refractivity contribution in [2.75, 3.05) is 27.2 Å². The van der Waals surface area contributed by atoms with E-state index in [9.17, 15) is 43.0 Å². The van der Waals surface area contributed by atoms with Crippen molar-refractivity contribution in [2.45, 2.75) is 37.0 Å². The summed E-state index contributed by atoms with van der Waals surface area (Å²) >= 11 is 0. The van der Waals surface area contributed by atoms with Crippen molar-refractivity contribution >= 4 is 39.8 Å². The summed E-state index contributed by atoms with van der Waals surface area (Å²) in [5.74, 6) is -13.7. The van der Waals surface area contributed by atoms with Gasteiger partial charge in [-0.15, -0.1) is 0 Å². The number of nitrogens with zero attached hydrogens (tertiary/aromatic N) is 2. The van der Waals surface area contributed by atoms with Crippen LogP contribution >= 0.6 is 0 Å². The Labute approximate surface area is 233 Å². The maximum Gasteiger partial charge on any atom is 0.272 e. The highest BCUT2D eigenvalue weighted by Gasteiger charge is 2.69. The third-order valence-corrected chi connectivity index (χ3v) is 9.25. The molecule has 216 valence electrons. The van der Waals surface area contributed by atoms with Gasteiger partial charge in [-0.1, -0.05) is 18.2 Å². The molecule has 4 N–H and O–H groups in total. The molecule has 10 nitrogen and oxygen atoms in total. The van der Waals surface area contributed by atoms with Gasteiger partial charge in [-0.05, 0) is 55.4 Å². The molecule has 1 heterocycles. The number of halogens is 2. The second-order valence-corrected chi connectivity index (χ2v) is 12.1. The highest BCUT2D eigenvalue weighted by molar-refractivity contribution is 6.32. The molecular formula is C29H29F2N3O7. The first-order valence-corrected chi connectivity index (χ1v) is 13.4. The van der Waals surface area contributed by atoms with Crippen LogP contribution in [0.5, 0.6) is 5.75 Å². The molecule has 3 aliphatic carbocycles. The Kier molecular flexibility index (Phi) is 6.01. The van der Waals surface area contributed by atoms with Gasteiger partial charge < -0.3 is 15.9 Å². The molecule has 2 aromatic carbocycles. The number of phenols is 1. The van der Waals surface area contributed by atoms with Crippen molar-refractivity contribution in [1.82, 2.24) is 9.80 Å². The predicted molar refractivity (Wildman–Crippen MR) is 139 cm³/mol. The van der Waals surface area contributed by atoms with Gasteiger partial charge in [0, 0.05) is 17.8 Å². The van der Waals surface area contributed by atoms with E-state index in [1.807, 2.05) is 0 Å². The minimum Gasteiger partial charge on any atom is -0.507 e. The molecule has 0 spiro atoms. The molecule has 6 unspecified atom stereocenters. The number of hydrogen-bond donors (Lipinski definition) is 3. The maximum atomic E-state index is 13.9. The summed E-state index contributed by atoms with van der Waals surface area (Å²) < 4.78 is 26.6. The normalized spacial score (nSPS) is 32.9. The maximum absolute atomic E-state index is 13.9. The Balaban J connectivity index is 1.40. The molecule has 0 radical (unpaired) electrons. The quantitative estimate of drug-likeness (QED) is 0.445. The molecule has 2 saturated carbocycles. The van der Waals surface area contributed by atoms with Crippen LogP contribution in [0.3, 0.4) is 0 Å². The summed E-state index contributed by atoms with van der Waals surface area (Å²) in [5.41, 5.74) is 3.59. The molecule has 1 saturated heterocycles. The molecule has 0 bridgehead atoms. The lowest BCUT2D eigenvalue weighted by Gasteiger charge is -2.52. The van der Waals surface area contributed by atoms with Crippen LogP contribution in [-0.2, 0) is 32.1 Å². The largest absolute Gasteiger partial charge is 0.507 e. The molecule has 0 aromatic heterocycles. The minimum atomic E-state index is -2.78. The van der Waals surface area contributed by atoms with E-state index >= 15 is 0 Å². The number of aromatic hydroxyl groups is 1. The number of fused-ring (bicyclic) bond motifs is 4. The summed E-state index contributed by atoms with van der Waals surface area (Å²) in [7, 11) is 3.06. The van der Waals surface area contributed by atoms with E-state index < -0.39 is 70.3 Å². The molecular weight excluding hydrogens is 540 g/mol. The number of rotatable bonds is 4. The van der Waals surface area contributed by atoms with Gasteiger partial charge in [0.25, 0.3) is 5.92 Å². The fraction of sp³-hybridized carbons (Fsp3) is 0.483. The van der Waals surface area contributed by atoms with Gasteiger partial charge in [0.15, 0.2) is 34.7 Å². The summed E-state index contributed by atoms with van der Waals surface area (Å²) in [5, 5.41) is 23.8. The van der Waals surface area contributed by atoms with Crippen molar-refractivity contribution in [3.8, 4) is 5.75 Å².